The van der Waals surface area contributed by atoms with Crippen LogP contribution in [0.2, 0.25) is 5.02 Å². The summed E-state index contributed by atoms with van der Waals surface area (Å²) in [5.74, 6) is -0.950. The Balaban J connectivity index is 1.73. The normalized spacial score (nSPS) is 13.6. The van der Waals surface area contributed by atoms with Crippen LogP contribution in [0, 0.1) is 0 Å². The van der Waals surface area contributed by atoms with E-state index in [9.17, 15) is 22.8 Å². The van der Waals surface area contributed by atoms with Gasteiger partial charge in [0, 0.05) is 34.7 Å². The second kappa shape index (κ2) is 9.56. The van der Waals surface area contributed by atoms with Crippen LogP contribution in [-0.4, -0.2) is 23.9 Å². The molecular formula is C21H16ClF3N4O3. The number of nitrogens with zero attached hydrogens (tertiary/aromatic N) is 1. The largest absolute Gasteiger partial charge is 0.457 e. The van der Waals surface area contributed by atoms with Crippen LogP contribution in [0.5, 0.6) is 11.5 Å². The molecule has 166 valence electrons. The molecule has 2 aromatic carbocycles. The van der Waals surface area contributed by atoms with Crippen LogP contribution in [0.25, 0.3) is 0 Å². The number of hydrogen-bond acceptors (Lipinski definition) is 4. The topological polar surface area (TPSA) is 92.3 Å². The van der Waals surface area contributed by atoms with Crippen molar-refractivity contribution in [1.82, 2.24) is 10.3 Å². The van der Waals surface area contributed by atoms with Crippen molar-refractivity contribution in [2.24, 2.45) is 0 Å². The third-order valence-electron chi connectivity index (χ3n) is 3.80. The minimum absolute atomic E-state index is 0.0261. The monoisotopic (exact) mass is 469 g/mol. The Bertz CT molecular complexity index is 1330. The van der Waals surface area contributed by atoms with E-state index in [1.165, 1.54) is 12.3 Å². The Morgan fingerprint density at radius 2 is 1.78 bits per heavy atom. The van der Waals surface area contributed by atoms with Crippen molar-refractivity contribution < 1.29 is 34.4 Å². The number of anilines is 2. The lowest BCUT2D eigenvalue weighted by molar-refractivity contribution is -0.137. The number of benzene rings is 2. The fraction of sp³-hybridized carbons (Fsp3) is 0.0952. The van der Waals surface area contributed by atoms with Gasteiger partial charge in [0.1, 0.15) is 17.2 Å². The fourth-order valence-corrected chi connectivity index (χ4v) is 2.62. The second-order valence-electron chi connectivity index (χ2n) is 6.06. The van der Waals surface area contributed by atoms with Crippen LogP contribution >= 0.6 is 11.6 Å². The van der Waals surface area contributed by atoms with Crippen molar-refractivity contribution in [3.63, 3.8) is 0 Å². The van der Waals surface area contributed by atoms with Gasteiger partial charge in [-0.25, -0.2) is 4.79 Å². The van der Waals surface area contributed by atoms with Gasteiger partial charge in [-0.15, -0.1) is 0 Å². The van der Waals surface area contributed by atoms with Gasteiger partial charge in [0.05, 0.1) is 13.3 Å². The zero-order valence-electron chi connectivity index (χ0n) is 20.8. The maximum atomic E-state index is 13.0. The van der Waals surface area contributed by atoms with Crippen LogP contribution < -0.4 is 20.7 Å². The number of aromatic nitrogens is 1. The highest BCUT2D eigenvalue weighted by atomic mass is 35.5. The molecule has 3 amide bonds. The van der Waals surface area contributed by atoms with E-state index in [2.05, 4.69) is 15.6 Å². The minimum atomic E-state index is -4.74. The molecule has 32 heavy (non-hydrogen) atoms. The summed E-state index contributed by atoms with van der Waals surface area (Å²) in [5.41, 5.74) is -1.88. The first-order chi connectivity index (χ1) is 17.1. The first kappa shape index (κ1) is 16.8. The Morgan fingerprint density at radius 3 is 2.47 bits per heavy atom. The molecule has 11 heteroatoms. The van der Waals surface area contributed by atoms with Gasteiger partial charge in [-0.3, -0.25) is 9.78 Å². The molecule has 3 aromatic rings. The Kier molecular flexibility index (Phi) is 5.04. The number of rotatable bonds is 5. The maximum Gasteiger partial charge on any atom is 0.417 e. The van der Waals surface area contributed by atoms with E-state index in [0.29, 0.717) is 6.07 Å². The van der Waals surface area contributed by atoms with Gasteiger partial charge in [0.2, 0.25) is 0 Å². The minimum Gasteiger partial charge on any atom is -0.457 e. The molecule has 0 saturated heterocycles. The zero-order valence-corrected chi connectivity index (χ0v) is 16.6. The Labute approximate surface area is 192 Å². The van der Waals surface area contributed by atoms with Gasteiger partial charge in [-0.1, -0.05) is 11.6 Å². The number of ether oxygens (including phenoxy) is 1. The number of carbonyl (C=O) groups excluding carboxylic acids is 2. The molecule has 7 nitrogen and oxygen atoms in total. The van der Waals surface area contributed by atoms with E-state index < -0.39 is 35.7 Å². The first-order valence-corrected chi connectivity index (χ1v) is 9.02. The van der Waals surface area contributed by atoms with Crippen LogP contribution in [0.1, 0.15) is 22.9 Å². The lowest BCUT2D eigenvalue weighted by Crippen LogP contribution is -2.19. The highest BCUT2D eigenvalue weighted by Gasteiger charge is 2.33. The summed E-state index contributed by atoms with van der Waals surface area (Å²) in [6, 6.07) is 5.80. The predicted octanol–water partition coefficient (Wildman–Crippen LogP) is 5.55. The van der Waals surface area contributed by atoms with E-state index in [-0.39, 0.29) is 40.7 Å². The average molecular weight is 470 g/mol. The summed E-state index contributed by atoms with van der Waals surface area (Å²) in [4.78, 5) is 28.0. The van der Waals surface area contributed by atoms with Gasteiger partial charge >= 0.3 is 12.2 Å². The molecule has 0 bridgehead atoms. The molecule has 0 aliphatic carbocycles. The highest BCUT2D eigenvalue weighted by molar-refractivity contribution is 6.31. The zero-order chi connectivity index (χ0) is 27.5. The quantitative estimate of drug-likeness (QED) is 0.457. The molecule has 0 unspecified atom stereocenters. The van der Waals surface area contributed by atoms with Gasteiger partial charge < -0.3 is 20.7 Å². The summed E-state index contributed by atoms with van der Waals surface area (Å²) in [7, 11) is 0. The maximum absolute atomic E-state index is 13.0. The SMILES string of the molecule is [2H]c1cc(Oc2ccnc(C(=O)NC([2H])([2H])[2H])c2)cc([2H])c1NC(=O)Nc1ccc(Cl)c(C(F)(F)F)c1. The van der Waals surface area contributed by atoms with E-state index in [4.69, 9.17) is 23.2 Å². The van der Waals surface area contributed by atoms with Crippen molar-refractivity contribution >= 4 is 34.9 Å². The third-order valence-corrected chi connectivity index (χ3v) is 4.13. The summed E-state index contributed by atoms with van der Waals surface area (Å²) >= 11 is 5.56. The number of alkyl halides is 3. The molecule has 0 radical (unpaired) electrons. The van der Waals surface area contributed by atoms with Crippen LogP contribution in [0.15, 0.2) is 60.7 Å². The molecule has 0 aliphatic rings. The van der Waals surface area contributed by atoms with Crippen molar-refractivity contribution in [2.75, 3.05) is 17.6 Å². The molecule has 0 saturated carbocycles. The summed E-state index contributed by atoms with van der Waals surface area (Å²) in [6.45, 7) is -2.72. The van der Waals surface area contributed by atoms with E-state index >= 15 is 0 Å². The van der Waals surface area contributed by atoms with Gasteiger partial charge in [-0.05, 0) is 48.5 Å². The number of halogens is 4. The lowest BCUT2D eigenvalue weighted by Gasteiger charge is -2.12. The number of urea groups is 1. The molecule has 1 heterocycles. The van der Waals surface area contributed by atoms with Gasteiger partial charge in [0.15, 0.2) is 0 Å². The van der Waals surface area contributed by atoms with Crippen molar-refractivity contribution in [1.29, 1.82) is 0 Å². The molecule has 0 aliphatic heterocycles. The second-order valence-corrected chi connectivity index (χ2v) is 6.47. The number of hydrogen-bond donors (Lipinski definition) is 3. The van der Waals surface area contributed by atoms with Crippen molar-refractivity contribution in [3.8, 4) is 11.5 Å². The standard InChI is InChI=1S/C21H16ClF3N4O3/c1-26-19(30)18-11-15(8-9-27-18)32-14-5-2-12(3-6-14)28-20(31)29-13-4-7-17(22)16(10-13)21(23,24)25/h2-11H,1H3,(H,26,30)(H2,28,29,31)/i1D3,2D,3D. The predicted molar refractivity (Wildman–Crippen MR) is 113 cm³/mol. The van der Waals surface area contributed by atoms with Crippen molar-refractivity contribution in [2.45, 2.75) is 6.18 Å². The number of carbonyl (C=O) groups is 2. The third kappa shape index (κ3) is 5.88. The summed E-state index contributed by atoms with van der Waals surface area (Å²) < 4.78 is 82.0. The first-order valence-electron chi connectivity index (χ1n) is 11.1. The molecule has 0 fully saturated rings. The lowest BCUT2D eigenvalue weighted by atomic mass is 10.2. The van der Waals surface area contributed by atoms with Crippen molar-refractivity contribution in [3.05, 3.63) is 77.0 Å². The molecular weight excluding hydrogens is 449 g/mol. The molecule has 3 rings (SSSR count). The Morgan fingerprint density at radius 1 is 1.06 bits per heavy atom. The number of amides is 3. The summed E-state index contributed by atoms with van der Waals surface area (Å²) in [6.07, 6.45) is -3.55. The van der Waals surface area contributed by atoms with E-state index in [0.717, 1.165) is 30.3 Å². The van der Waals surface area contributed by atoms with Gasteiger partial charge in [0.25, 0.3) is 5.91 Å². The molecule has 0 atom stereocenters. The highest BCUT2D eigenvalue weighted by Crippen LogP contribution is 2.36. The number of pyridine rings is 1. The fourth-order valence-electron chi connectivity index (χ4n) is 2.40. The Hall–Kier alpha value is -3.79. The summed E-state index contributed by atoms with van der Waals surface area (Å²) in [5, 5.41) is 5.64. The molecule has 0 spiro atoms. The van der Waals surface area contributed by atoms with Crippen LogP contribution in [-0.2, 0) is 6.18 Å². The van der Waals surface area contributed by atoms with Crippen LogP contribution in [0.3, 0.4) is 0 Å². The smallest absolute Gasteiger partial charge is 0.417 e. The van der Waals surface area contributed by atoms with Crippen LogP contribution in [0.4, 0.5) is 29.3 Å². The van der Waals surface area contributed by atoms with Gasteiger partial charge in [-0.2, -0.15) is 13.2 Å². The average Bonchev–Trinajstić information content (AvgIpc) is 2.76. The molecule has 1 aromatic heterocycles. The molecule has 3 N–H and O–H groups in total. The van der Waals surface area contributed by atoms with E-state index in [1.54, 1.807) is 5.32 Å². The van der Waals surface area contributed by atoms with E-state index in [1.807, 2.05) is 0 Å². The number of nitrogens with one attached hydrogen (secondary N) is 3.